The zero-order valence-corrected chi connectivity index (χ0v) is 21.0. The van der Waals surface area contributed by atoms with E-state index in [-0.39, 0.29) is 43.5 Å². The van der Waals surface area contributed by atoms with Crippen LogP contribution >= 0.6 is 12.4 Å². The molecule has 0 saturated heterocycles. The van der Waals surface area contributed by atoms with E-state index in [1.807, 2.05) is 54.6 Å². The van der Waals surface area contributed by atoms with Crippen LogP contribution in [0.1, 0.15) is 34.3 Å². The molecule has 1 amide bonds. The van der Waals surface area contributed by atoms with Crippen molar-refractivity contribution in [2.75, 3.05) is 13.7 Å². The van der Waals surface area contributed by atoms with Gasteiger partial charge < -0.3 is 20.5 Å². The molecule has 0 aliphatic rings. The number of carbonyl (C=O) groups excluding carboxylic acids is 2. The van der Waals surface area contributed by atoms with Gasteiger partial charge in [0.1, 0.15) is 11.6 Å². The fourth-order valence-electron chi connectivity index (χ4n) is 3.73. The average molecular weight is 515 g/mol. The van der Waals surface area contributed by atoms with Crippen molar-refractivity contribution in [3.63, 3.8) is 0 Å². The Balaban J connectivity index is 0.00000456. The lowest BCUT2D eigenvalue weighted by Gasteiger charge is -2.25. The molecule has 0 aromatic heterocycles. The molecular weight excluding hydrogens is 483 g/mol. The summed E-state index contributed by atoms with van der Waals surface area (Å²) in [6.07, 6.45) is -0.427. The van der Waals surface area contributed by atoms with Gasteiger partial charge in [-0.25, -0.2) is 4.39 Å². The zero-order valence-electron chi connectivity index (χ0n) is 20.2. The van der Waals surface area contributed by atoms with Crippen molar-refractivity contribution in [1.29, 1.82) is 0 Å². The van der Waals surface area contributed by atoms with Crippen molar-refractivity contribution in [2.45, 2.75) is 38.0 Å². The van der Waals surface area contributed by atoms with E-state index in [2.05, 4.69) is 10.6 Å². The van der Waals surface area contributed by atoms with E-state index < -0.39 is 18.0 Å². The highest BCUT2D eigenvalue weighted by Gasteiger charge is 2.22. The Labute approximate surface area is 217 Å². The van der Waals surface area contributed by atoms with E-state index in [1.54, 1.807) is 7.11 Å². The first-order valence-electron chi connectivity index (χ1n) is 11.6. The number of benzene rings is 3. The number of nitrogens with one attached hydrogen (secondary N) is 2. The van der Waals surface area contributed by atoms with Crippen LogP contribution in [0.5, 0.6) is 5.75 Å². The molecule has 0 radical (unpaired) electrons. The summed E-state index contributed by atoms with van der Waals surface area (Å²) in [4.78, 5) is 25.0. The molecule has 3 aromatic carbocycles. The van der Waals surface area contributed by atoms with Crippen molar-refractivity contribution in [2.24, 2.45) is 0 Å². The van der Waals surface area contributed by atoms with Crippen molar-refractivity contribution >= 4 is 24.1 Å². The average Bonchev–Trinajstić information content (AvgIpc) is 2.88. The largest absolute Gasteiger partial charge is 0.497 e. The number of ketones is 1. The molecule has 36 heavy (non-hydrogen) atoms. The number of amides is 1. The smallest absolute Gasteiger partial charge is 0.220 e. The lowest BCUT2D eigenvalue weighted by atomic mass is 10.00. The van der Waals surface area contributed by atoms with Gasteiger partial charge in [0.15, 0.2) is 5.78 Å². The van der Waals surface area contributed by atoms with Crippen LogP contribution < -0.4 is 15.4 Å². The van der Waals surface area contributed by atoms with Gasteiger partial charge in [-0.1, -0.05) is 42.5 Å². The number of methoxy groups -OCH3 is 1. The highest BCUT2D eigenvalue weighted by Crippen LogP contribution is 2.13. The first-order chi connectivity index (χ1) is 16.9. The molecule has 3 rings (SSSR count). The molecule has 0 unspecified atom stereocenters. The third-order valence-electron chi connectivity index (χ3n) is 5.67. The van der Waals surface area contributed by atoms with E-state index in [0.717, 1.165) is 16.9 Å². The molecule has 0 spiro atoms. The minimum absolute atomic E-state index is 0. The van der Waals surface area contributed by atoms with Gasteiger partial charge in [-0.15, -0.1) is 12.4 Å². The number of Topliss-reactive ketones (excluding diaryl/α,β-unsaturated/α-hetero) is 1. The lowest BCUT2D eigenvalue weighted by molar-refractivity contribution is -0.122. The maximum absolute atomic E-state index is 13.1. The topological polar surface area (TPSA) is 87.7 Å². The minimum Gasteiger partial charge on any atom is -0.497 e. The Morgan fingerprint density at radius 3 is 2.33 bits per heavy atom. The summed E-state index contributed by atoms with van der Waals surface area (Å²) in [6, 6.07) is 22.0. The van der Waals surface area contributed by atoms with Gasteiger partial charge in [0.2, 0.25) is 5.91 Å². The predicted molar refractivity (Wildman–Crippen MR) is 140 cm³/mol. The third-order valence-corrected chi connectivity index (χ3v) is 5.67. The molecule has 0 aliphatic carbocycles. The maximum atomic E-state index is 13.1. The Morgan fingerprint density at radius 2 is 1.64 bits per heavy atom. The zero-order chi connectivity index (χ0) is 25.0. The summed E-state index contributed by atoms with van der Waals surface area (Å²) in [6.45, 7) is 0.802. The van der Waals surface area contributed by atoms with Gasteiger partial charge in [0.05, 0.1) is 19.3 Å². The molecule has 2 atom stereocenters. The molecule has 0 aliphatic heterocycles. The summed E-state index contributed by atoms with van der Waals surface area (Å²) in [5, 5.41) is 17.0. The molecule has 3 aromatic rings. The van der Waals surface area contributed by atoms with Gasteiger partial charge in [-0.05, 0) is 53.9 Å². The predicted octanol–water partition coefficient (Wildman–Crippen LogP) is 4.10. The monoisotopic (exact) mass is 514 g/mol. The number of aliphatic hydroxyl groups is 1. The number of hydrogen-bond donors (Lipinski definition) is 3. The number of ether oxygens (including phenoxy) is 1. The van der Waals surface area contributed by atoms with Crippen LogP contribution in [0.15, 0.2) is 78.9 Å². The van der Waals surface area contributed by atoms with Crippen LogP contribution in [0.3, 0.4) is 0 Å². The second-order valence-corrected chi connectivity index (χ2v) is 8.34. The summed E-state index contributed by atoms with van der Waals surface area (Å²) < 4.78 is 18.3. The SMILES string of the molecule is COc1cccc(CNC[C@@H](O)[C@H](Cc2ccccc2)NC(=O)CCC(=O)c2ccc(F)cc2)c1.Cl. The Morgan fingerprint density at radius 1 is 0.944 bits per heavy atom. The van der Waals surface area contributed by atoms with Crippen LogP contribution in [-0.4, -0.2) is 42.6 Å². The minimum atomic E-state index is -0.849. The summed E-state index contributed by atoms with van der Waals surface area (Å²) in [7, 11) is 1.61. The summed E-state index contributed by atoms with van der Waals surface area (Å²) in [5.74, 6) is -0.222. The van der Waals surface area contributed by atoms with Crippen LogP contribution in [0, 0.1) is 5.82 Å². The molecule has 192 valence electrons. The van der Waals surface area contributed by atoms with Crippen LogP contribution in [-0.2, 0) is 17.8 Å². The summed E-state index contributed by atoms with van der Waals surface area (Å²) >= 11 is 0. The standard InChI is InChI=1S/C28H31FN2O4.ClH/c1-35-24-9-5-8-21(16-24)18-30-19-27(33)25(17-20-6-3-2-4-7-20)31-28(34)15-14-26(32)22-10-12-23(29)13-11-22;/h2-13,16,25,27,30,33H,14-15,17-19H2,1H3,(H,31,34);1H/t25-,27+;/m0./s1. The second-order valence-electron chi connectivity index (χ2n) is 8.34. The van der Waals surface area contributed by atoms with Crippen molar-refractivity contribution in [3.8, 4) is 5.75 Å². The van der Waals surface area contributed by atoms with E-state index in [4.69, 9.17) is 4.74 Å². The molecule has 0 saturated carbocycles. The molecule has 0 fully saturated rings. The normalized spacial score (nSPS) is 12.2. The quantitative estimate of drug-likeness (QED) is 0.299. The maximum Gasteiger partial charge on any atom is 0.220 e. The van der Waals surface area contributed by atoms with Gasteiger partial charge in [0, 0.05) is 31.5 Å². The van der Waals surface area contributed by atoms with Gasteiger partial charge >= 0.3 is 0 Å². The Bertz CT molecular complexity index is 1100. The van der Waals surface area contributed by atoms with Crippen molar-refractivity contribution < 1.29 is 23.8 Å². The van der Waals surface area contributed by atoms with Gasteiger partial charge in [-0.2, -0.15) is 0 Å². The molecular formula is C28H32ClFN2O4. The second kappa shape index (κ2) is 15.0. The highest BCUT2D eigenvalue weighted by atomic mass is 35.5. The van der Waals surface area contributed by atoms with Crippen LogP contribution in [0.2, 0.25) is 0 Å². The molecule has 8 heteroatoms. The number of hydrogen-bond acceptors (Lipinski definition) is 5. The lowest BCUT2D eigenvalue weighted by Crippen LogP contribution is -2.48. The van der Waals surface area contributed by atoms with Crippen LogP contribution in [0.4, 0.5) is 4.39 Å². The first-order valence-corrected chi connectivity index (χ1v) is 11.6. The number of aliphatic hydroxyl groups excluding tert-OH is 1. The number of carbonyl (C=O) groups is 2. The van der Waals surface area contributed by atoms with Crippen LogP contribution in [0.25, 0.3) is 0 Å². The number of rotatable bonds is 13. The first kappa shape index (κ1) is 29.0. The molecule has 6 nitrogen and oxygen atoms in total. The Kier molecular flexibility index (Phi) is 12.1. The van der Waals surface area contributed by atoms with E-state index in [0.29, 0.717) is 18.5 Å². The van der Waals surface area contributed by atoms with Crippen molar-refractivity contribution in [3.05, 3.63) is 101 Å². The Hall–Kier alpha value is -3.26. The third kappa shape index (κ3) is 9.41. The van der Waals surface area contributed by atoms with Crippen molar-refractivity contribution in [1.82, 2.24) is 10.6 Å². The van der Waals surface area contributed by atoms with E-state index in [9.17, 15) is 19.1 Å². The summed E-state index contributed by atoms with van der Waals surface area (Å²) in [5.41, 5.74) is 2.35. The van der Waals surface area contributed by atoms with Gasteiger partial charge in [0.25, 0.3) is 0 Å². The molecule has 0 heterocycles. The highest BCUT2D eigenvalue weighted by molar-refractivity contribution is 5.97. The molecule has 0 bridgehead atoms. The van der Waals surface area contributed by atoms with E-state index in [1.165, 1.54) is 24.3 Å². The molecule has 3 N–H and O–H groups in total. The fraction of sp³-hybridized carbons (Fsp3) is 0.286. The van der Waals surface area contributed by atoms with Gasteiger partial charge in [-0.3, -0.25) is 9.59 Å². The van der Waals surface area contributed by atoms with E-state index >= 15 is 0 Å². The fourth-order valence-corrected chi connectivity index (χ4v) is 3.73. The number of halogens is 2.